The number of carbonyl (C=O) groups is 2. The van der Waals surface area contributed by atoms with E-state index in [1.54, 1.807) is 52.0 Å². The SMILES string of the molecule is Cc1cc(OC(=O)C(C)(C)C)cc2c1C(=O)/C(=C/c1ccccc1F)O2. The average molecular weight is 354 g/mol. The van der Waals surface area contributed by atoms with E-state index in [-0.39, 0.29) is 23.1 Å². The van der Waals surface area contributed by atoms with Gasteiger partial charge < -0.3 is 9.47 Å². The molecular formula is C21H19FO4. The summed E-state index contributed by atoms with van der Waals surface area (Å²) in [5.74, 6) is -0.510. The number of allylic oxidation sites excluding steroid dienone is 1. The van der Waals surface area contributed by atoms with Crippen LogP contribution in [0, 0.1) is 18.2 Å². The minimum atomic E-state index is -0.653. The van der Waals surface area contributed by atoms with Crippen LogP contribution in [0.25, 0.3) is 6.08 Å². The minimum absolute atomic E-state index is 0.0347. The van der Waals surface area contributed by atoms with Gasteiger partial charge in [-0.25, -0.2) is 4.39 Å². The third-order valence-electron chi connectivity index (χ3n) is 3.96. The van der Waals surface area contributed by atoms with Crippen LogP contribution in [0.5, 0.6) is 11.5 Å². The monoisotopic (exact) mass is 354 g/mol. The van der Waals surface area contributed by atoms with E-state index in [1.807, 2.05) is 0 Å². The summed E-state index contributed by atoms with van der Waals surface area (Å²) in [4.78, 5) is 24.7. The number of ether oxygens (including phenoxy) is 2. The Labute approximate surface area is 151 Å². The highest BCUT2D eigenvalue weighted by Gasteiger charge is 2.31. The second-order valence-corrected chi connectivity index (χ2v) is 7.21. The Kier molecular flexibility index (Phi) is 4.40. The maximum absolute atomic E-state index is 13.8. The number of carbonyl (C=O) groups excluding carboxylic acids is 2. The normalized spacial score (nSPS) is 15.0. The van der Waals surface area contributed by atoms with Gasteiger partial charge in [-0.05, 0) is 51.5 Å². The van der Waals surface area contributed by atoms with Crippen LogP contribution in [0.3, 0.4) is 0 Å². The van der Waals surface area contributed by atoms with Crippen molar-refractivity contribution in [2.24, 2.45) is 5.41 Å². The first kappa shape index (κ1) is 17.9. The molecule has 3 rings (SSSR count). The lowest BCUT2D eigenvalue weighted by molar-refractivity contribution is -0.143. The van der Waals surface area contributed by atoms with Crippen molar-refractivity contribution in [2.75, 3.05) is 0 Å². The highest BCUT2D eigenvalue weighted by atomic mass is 19.1. The van der Waals surface area contributed by atoms with Crippen molar-refractivity contribution in [1.82, 2.24) is 0 Å². The summed E-state index contributed by atoms with van der Waals surface area (Å²) >= 11 is 0. The highest BCUT2D eigenvalue weighted by molar-refractivity contribution is 6.15. The molecule has 0 radical (unpaired) electrons. The van der Waals surface area contributed by atoms with Gasteiger partial charge in [-0.2, -0.15) is 0 Å². The summed E-state index contributed by atoms with van der Waals surface area (Å²) in [5.41, 5.74) is 0.629. The molecule has 2 aromatic rings. The van der Waals surface area contributed by atoms with Crippen LogP contribution >= 0.6 is 0 Å². The number of esters is 1. The maximum atomic E-state index is 13.8. The van der Waals surface area contributed by atoms with Crippen molar-refractivity contribution in [3.63, 3.8) is 0 Å². The number of fused-ring (bicyclic) bond motifs is 1. The van der Waals surface area contributed by atoms with Gasteiger partial charge in [-0.3, -0.25) is 9.59 Å². The first-order valence-corrected chi connectivity index (χ1v) is 8.22. The number of hydrogen-bond acceptors (Lipinski definition) is 4. The summed E-state index contributed by atoms with van der Waals surface area (Å²) in [6.07, 6.45) is 1.37. The van der Waals surface area contributed by atoms with Gasteiger partial charge in [-0.1, -0.05) is 18.2 Å². The lowest BCUT2D eigenvalue weighted by Gasteiger charge is -2.16. The number of benzene rings is 2. The van der Waals surface area contributed by atoms with Crippen molar-refractivity contribution in [1.29, 1.82) is 0 Å². The zero-order chi connectivity index (χ0) is 19.1. The fraction of sp³-hybridized carbons (Fsp3) is 0.238. The van der Waals surface area contributed by atoms with Gasteiger partial charge in [0.15, 0.2) is 5.76 Å². The van der Waals surface area contributed by atoms with E-state index in [2.05, 4.69) is 0 Å². The Morgan fingerprint density at radius 1 is 1.19 bits per heavy atom. The number of rotatable bonds is 2. The van der Waals surface area contributed by atoms with Gasteiger partial charge in [0.1, 0.15) is 17.3 Å². The van der Waals surface area contributed by atoms with E-state index in [0.717, 1.165) is 0 Å². The van der Waals surface area contributed by atoms with Crippen molar-refractivity contribution in [3.05, 3.63) is 64.7 Å². The molecule has 0 fully saturated rings. The molecule has 4 nitrogen and oxygen atoms in total. The quantitative estimate of drug-likeness (QED) is 0.446. The molecule has 5 heteroatoms. The summed E-state index contributed by atoms with van der Waals surface area (Å²) < 4.78 is 24.8. The highest BCUT2D eigenvalue weighted by Crippen LogP contribution is 2.38. The summed E-state index contributed by atoms with van der Waals surface area (Å²) in [6.45, 7) is 7.00. The van der Waals surface area contributed by atoms with E-state index < -0.39 is 11.2 Å². The molecule has 0 bridgehead atoms. The molecule has 0 spiro atoms. The van der Waals surface area contributed by atoms with Crippen molar-refractivity contribution in [2.45, 2.75) is 27.7 Å². The molecule has 0 unspecified atom stereocenters. The number of aryl methyl sites for hydroxylation is 1. The third-order valence-corrected chi connectivity index (χ3v) is 3.96. The smallest absolute Gasteiger partial charge is 0.316 e. The second kappa shape index (κ2) is 6.41. The molecule has 0 aliphatic carbocycles. The molecule has 2 aromatic carbocycles. The second-order valence-electron chi connectivity index (χ2n) is 7.21. The molecule has 0 amide bonds. The fourth-order valence-corrected chi connectivity index (χ4v) is 2.53. The predicted molar refractivity (Wildman–Crippen MR) is 95.6 cm³/mol. The number of hydrogen-bond donors (Lipinski definition) is 0. The van der Waals surface area contributed by atoms with Gasteiger partial charge in [0.05, 0.1) is 11.0 Å². The van der Waals surface area contributed by atoms with Gasteiger partial charge in [-0.15, -0.1) is 0 Å². The summed E-state index contributed by atoms with van der Waals surface area (Å²) in [5, 5.41) is 0. The van der Waals surface area contributed by atoms with Crippen LogP contribution in [0.1, 0.15) is 42.3 Å². The Balaban J connectivity index is 1.94. The van der Waals surface area contributed by atoms with Crippen LogP contribution in [0.2, 0.25) is 0 Å². The molecule has 0 saturated carbocycles. The summed E-state index contributed by atoms with van der Waals surface area (Å²) in [7, 11) is 0. The standard InChI is InChI=1S/C21H19FO4/c1-12-9-14(25-20(24)21(2,3)4)11-16-18(12)19(23)17(26-16)10-13-7-5-6-8-15(13)22/h5-11H,1-4H3/b17-10-. The van der Waals surface area contributed by atoms with Crippen LogP contribution in [-0.4, -0.2) is 11.8 Å². The first-order valence-electron chi connectivity index (χ1n) is 8.22. The molecule has 1 aliphatic rings. The molecule has 0 saturated heterocycles. The van der Waals surface area contributed by atoms with Gasteiger partial charge in [0.25, 0.3) is 0 Å². The lowest BCUT2D eigenvalue weighted by atomic mass is 9.97. The Morgan fingerprint density at radius 3 is 2.54 bits per heavy atom. The largest absolute Gasteiger partial charge is 0.452 e. The molecule has 0 aromatic heterocycles. The van der Waals surface area contributed by atoms with E-state index in [4.69, 9.17) is 9.47 Å². The zero-order valence-corrected chi connectivity index (χ0v) is 15.1. The molecular weight excluding hydrogens is 335 g/mol. The Morgan fingerprint density at radius 2 is 1.88 bits per heavy atom. The van der Waals surface area contributed by atoms with Crippen molar-refractivity contribution >= 4 is 17.8 Å². The molecule has 26 heavy (non-hydrogen) atoms. The average Bonchev–Trinajstić information content (AvgIpc) is 2.85. The fourth-order valence-electron chi connectivity index (χ4n) is 2.53. The molecule has 0 atom stereocenters. The van der Waals surface area contributed by atoms with Gasteiger partial charge in [0.2, 0.25) is 5.78 Å². The maximum Gasteiger partial charge on any atom is 0.316 e. The molecule has 134 valence electrons. The molecule has 0 N–H and O–H groups in total. The number of Topliss-reactive ketones (excluding diaryl/α,β-unsaturated/α-hetero) is 1. The van der Waals surface area contributed by atoms with Crippen LogP contribution in [0.4, 0.5) is 4.39 Å². The van der Waals surface area contributed by atoms with Gasteiger partial charge >= 0.3 is 5.97 Å². The Bertz CT molecular complexity index is 936. The zero-order valence-electron chi connectivity index (χ0n) is 15.1. The van der Waals surface area contributed by atoms with E-state index in [9.17, 15) is 14.0 Å². The molecule has 1 heterocycles. The topological polar surface area (TPSA) is 52.6 Å². The van der Waals surface area contributed by atoms with Gasteiger partial charge in [0, 0.05) is 11.6 Å². The third kappa shape index (κ3) is 3.38. The Hall–Kier alpha value is -2.95. The van der Waals surface area contributed by atoms with E-state index in [1.165, 1.54) is 18.2 Å². The van der Waals surface area contributed by atoms with E-state index in [0.29, 0.717) is 22.6 Å². The predicted octanol–water partition coefficient (Wildman–Crippen LogP) is 4.70. The van der Waals surface area contributed by atoms with Crippen LogP contribution in [-0.2, 0) is 4.79 Å². The molecule has 1 aliphatic heterocycles. The number of halogens is 1. The van der Waals surface area contributed by atoms with Crippen molar-refractivity contribution < 1.29 is 23.5 Å². The number of ketones is 1. The van der Waals surface area contributed by atoms with Crippen LogP contribution in [0.15, 0.2) is 42.2 Å². The van der Waals surface area contributed by atoms with E-state index >= 15 is 0 Å². The first-order chi connectivity index (χ1) is 12.2. The minimum Gasteiger partial charge on any atom is -0.452 e. The van der Waals surface area contributed by atoms with Crippen molar-refractivity contribution in [3.8, 4) is 11.5 Å². The lowest BCUT2D eigenvalue weighted by Crippen LogP contribution is -2.25. The summed E-state index contributed by atoms with van der Waals surface area (Å²) in [6, 6.07) is 9.25. The van der Waals surface area contributed by atoms with Crippen LogP contribution < -0.4 is 9.47 Å².